The Kier molecular flexibility index (Phi) is 6.90. The molecule has 5 heteroatoms. The molecule has 2 aromatic carbocycles. The fraction of sp³-hybridized carbons (Fsp3) is 0.316. The van der Waals surface area contributed by atoms with Gasteiger partial charge in [-0.05, 0) is 71.3 Å². The van der Waals surface area contributed by atoms with Crippen LogP contribution >= 0.6 is 22.6 Å². The number of hydrogen-bond donors (Lipinski definition) is 1. The minimum Gasteiger partial charge on any atom is -0.493 e. The van der Waals surface area contributed by atoms with Crippen molar-refractivity contribution in [2.45, 2.75) is 26.8 Å². The van der Waals surface area contributed by atoms with Crippen molar-refractivity contribution in [2.24, 2.45) is 0 Å². The van der Waals surface area contributed by atoms with Crippen LogP contribution in [0.5, 0.6) is 11.5 Å². The zero-order chi connectivity index (χ0) is 17.5. The summed E-state index contributed by atoms with van der Waals surface area (Å²) in [5.41, 5.74) is 2.80. The van der Waals surface area contributed by atoms with Crippen LogP contribution in [0.4, 0.5) is 0 Å². The zero-order valence-electron chi connectivity index (χ0n) is 14.2. The Labute approximate surface area is 156 Å². The molecule has 0 aliphatic heterocycles. The summed E-state index contributed by atoms with van der Waals surface area (Å²) in [5, 5.41) is 2.94. The van der Waals surface area contributed by atoms with E-state index in [1.807, 2.05) is 43.3 Å². The molecule has 0 fully saturated rings. The smallest absolute Gasteiger partial charge is 0.251 e. The van der Waals surface area contributed by atoms with Gasteiger partial charge in [0.25, 0.3) is 5.91 Å². The van der Waals surface area contributed by atoms with Crippen LogP contribution in [-0.4, -0.2) is 19.6 Å². The van der Waals surface area contributed by atoms with E-state index in [2.05, 4.69) is 34.8 Å². The molecule has 128 valence electrons. The molecule has 1 amide bonds. The molecule has 0 heterocycles. The van der Waals surface area contributed by atoms with Gasteiger partial charge in [-0.25, -0.2) is 0 Å². The normalized spacial score (nSPS) is 10.3. The van der Waals surface area contributed by atoms with Crippen molar-refractivity contribution in [3.05, 3.63) is 56.7 Å². The van der Waals surface area contributed by atoms with Gasteiger partial charge in [0.1, 0.15) is 0 Å². The fourth-order valence-electron chi connectivity index (χ4n) is 2.17. The van der Waals surface area contributed by atoms with Crippen LogP contribution in [0, 0.1) is 10.5 Å². The number of hydrogen-bond acceptors (Lipinski definition) is 3. The van der Waals surface area contributed by atoms with Gasteiger partial charge in [-0.2, -0.15) is 0 Å². The van der Waals surface area contributed by atoms with Crippen molar-refractivity contribution >= 4 is 28.5 Å². The molecule has 0 aromatic heterocycles. The minimum absolute atomic E-state index is 0.0850. The topological polar surface area (TPSA) is 47.6 Å². The van der Waals surface area contributed by atoms with Crippen LogP contribution in [0.3, 0.4) is 0 Å². The quantitative estimate of drug-likeness (QED) is 0.654. The Morgan fingerprint density at radius 3 is 2.62 bits per heavy atom. The van der Waals surface area contributed by atoms with Crippen molar-refractivity contribution in [1.82, 2.24) is 5.32 Å². The minimum atomic E-state index is -0.0850. The number of halogens is 1. The number of carbonyl (C=O) groups is 1. The van der Waals surface area contributed by atoms with Gasteiger partial charge in [-0.15, -0.1) is 0 Å². The van der Waals surface area contributed by atoms with Crippen LogP contribution in [0.15, 0.2) is 36.4 Å². The number of amides is 1. The summed E-state index contributed by atoms with van der Waals surface area (Å²) in [6.45, 7) is 5.17. The van der Waals surface area contributed by atoms with E-state index in [9.17, 15) is 4.79 Å². The molecule has 24 heavy (non-hydrogen) atoms. The van der Waals surface area contributed by atoms with Crippen molar-refractivity contribution in [2.75, 3.05) is 13.7 Å². The summed E-state index contributed by atoms with van der Waals surface area (Å²) >= 11 is 2.24. The van der Waals surface area contributed by atoms with E-state index >= 15 is 0 Å². The summed E-state index contributed by atoms with van der Waals surface area (Å²) in [7, 11) is 1.62. The summed E-state index contributed by atoms with van der Waals surface area (Å²) in [4.78, 5) is 12.3. The third kappa shape index (κ3) is 4.87. The highest BCUT2D eigenvalue weighted by molar-refractivity contribution is 14.1. The average Bonchev–Trinajstić information content (AvgIpc) is 2.60. The van der Waals surface area contributed by atoms with Gasteiger partial charge in [0.15, 0.2) is 11.5 Å². The molecule has 0 unspecified atom stereocenters. The number of rotatable bonds is 7. The predicted octanol–water partition coefficient (Wildman–Crippen LogP) is 4.33. The van der Waals surface area contributed by atoms with Crippen molar-refractivity contribution < 1.29 is 14.3 Å². The molecular weight excluding hydrogens is 417 g/mol. The first-order valence-corrected chi connectivity index (χ1v) is 8.97. The standard InChI is InChI=1S/C19H22INO3/c1-4-9-24-17-8-6-14(10-18(17)23-3)12-21-19(22)15-7-5-13(2)16(20)11-15/h5-8,10-11H,4,9,12H2,1-3H3,(H,21,22). The molecule has 0 radical (unpaired) electrons. The van der Waals surface area contributed by atoms with Gasteiger partial charge >= 0.3 is 0 Å². The summed E-state index contributed by atoms with van der Waals surface area (Å²) < 4.78 is 12.1. The van der Waals surface area contributed by atoms with E-state index in [-0.39, 0.29) is 5.91 Å². The van der Waals surface area contributed by atoms with Crippen LogP contribution in [0.2, 0.25) is 0 Å². The molecule has 1 N–H and O–H groups in total. The predicted molar refractivity (Wildman–Crippen MR) is 104 cm³/mol. The lowest BCUT2D eigenvalue weighted by Gasteiger charge is -2.12. The maximum atomic E-state index is 12.3. The first-order valence-electron chi connectivity index (χ1n) is 7.89. The van der Waals surface area contributed by atoms with Gasteiger partial charge in [0, 0.05) is 15.7 Å². The second-order valence-electron chi connectivity index (χ2n) is 5.48. The lowest BCUT2D eigenvalue weighted by atomic mass is 10.1. The first kappa shape index (κ1) is 18.6. The molecule has 0 aliphatic carbocycles. The molecule has 0 saturated carbocycles. The monoisotopic (exact) mass is 439 g/mol. The molecule has 0 saturated heterocycles. The number of ether oxygens (including phenoxy) is 2. The molecule has 0 bridgehead atoms. The Balaban J connectivity index is 2.02. The SMILES string of the molecule is CCCOc1ccc(CNC(=O)c2ccc(C)c(I)c2)cc1OC. The van der Waals surface area contributed by atoms with Gasteiger partial charge in [-0.1, -0.05) is 19.1 Å². The van der Waals surface area contributed by atoms with E-state index in [0.717, 1.165) is 21.3 Å². The molecule has 0 aliphatic rings. The largest absolute Gasteiger partial charge is 0.493 e. The van der Waals surface area contributed by atoms with Crippen LogP contribution in [0.1, 0.15) is 34.8 Å². The van der Waals surface area contributed by atoms with E-state index in [4.69, 9.17) is 9.47 Å². The van der Waals surface area contributed by atoms with Crippen molar-refractivity contribution in [3.8, 4) is 11.5 Å². The van der Waals surface area contributed by atoms with Gasteiger partial charge in [0.05, 0.1) is 13.7 Å². The Morgan fingerprint density at radius 2 is 1.96 bits per heavy atom. The Bertz CT molecular complexity index is 716. The Morgan fingerprint density at radius 1 is 1.17 bits per heavy atom. The number of aryl methyl sites for hydroxylation is 1. The number of nitrogens with one attached hydrogen (secondary N) is 1. The number of carbonyl (C=O) groups excluding carboxylic acids is 1. The van der Waals surface area contributed by atoms with Crippen molar-refractivity contribution in [1.29, 1.82) is 0 Å². The third-order valence-electron chi connectivity index (χ3n) is 3.58. The maximum absolute atomic E-state index is 12.3. The van der Waals surface area contributed by atoms with E-state index in [1.165, 1.54) is 5.56 Å². The number of benzene rings is 2. The zero-order valence-corrected chi connectivity index (χ0v) is 16.3. The number of methoxy groups -OCH3 is 1. The average molecular weight is 439 g/mol. The molecule has 0 atom stereocenters. The molecule has 4 nitrogen and oxygen atoms in total. The molecule has 2 rings (SSSR count). The highest BCUT2D eigenvalue weighted by Gasteiger charge is 2.09. The molecular formula is C19H22INO3. The van der Waals surface area contributed by atoms with Crippen molar-refractivity contribution in [3.63, 3.8) is 0 Å². The molecule has 0 spiro atoms. The highest BCUT2D eigenvalue weighted by atomic mass is 127. The maximum Gasteiger partial charge on any atom is 0.251 e. The fourth-order valence-corrected chi connectivity index (χ4v) is 2.69. The summed E-state index contributed by atoms with van der Waals surface area (Å²) in [6.07, 6.45) is 0.941. The van der Waals surface area contributed by atoms with E-state index < -0.39 is 0 Å². The van der Waals surface area contributed by atoms with Gasteiger partial charge in [-0.3, -0.25) is 4.79 Å². The van der Waals surface area contributed by atoms with Crippen LogP contribution in [0.25, 0.3) is 0 Å². The summed E-state index contributed by atoms with van der Waals surface area (Å²) in [5.74, 6) is 1.32. The van der Waals surface area contributed by atoms with E-state index in [1.54, 1.807) is 7.11 Å². The summed E-state index contributed by atoms with van der Waals surface area (Å²) in [6, 6.07) is 11.4. The second kappa shape index (κ2) is 8.92. The van der Waals surface area contributed by atoms with Gasteiger partial charge < -0.3 is 14.8 Å². The second-order valence-corrected chi connectivity index (χ2v) is 6.64. The lowest BCUT2D eigenvalue weighted by molar-refractivity contribution is 0.0951. The highest BCUT2D eigenvalue weighted by Crippen LogP contribution is 2.28. The first-order chi connectivity index (χ1) is 11.5. The van der Waals surface area contributed by atoms with Crippen LogP contribution < -0.4 is 14.8 Å². The van der Waals surface area contributed by atoms with Crippen LogP contribution in [-0.2, 0) is 6.54 Å². The Hall–Kier alpha value is -1.76. The molecule has 2 aromatic rings. The van der Waals surface area contributed by atoms with Gasteiger partial charge in [0.2, 0.25) is 0 Å². The third-order valence-corrected chi connectivity index (χ3v) is 4.74. The lowest BCUT2D eigenvalue weighted by Crippen LogP contribution is -2.22. The van der Waals surface area contributed by atoms with E-state index in [0.29, 0.717) is 24.5 Å².